The Bertz CT molecular complexity index is 714. The normalized spacial score (nSPS) is 11.8. The number of carbonyl (C=O) groups is 1. The highest BCUT2D eigenvalue weighted by Crippen LogP contribution is 2.24. The van der Waals surface area contributed by atoms with Crippen LogP contribution in [0.1, 0.15) is 10.4 Å². The number of benzene rings is 2. The van der Waals surface area contributed by atoms with E-state index in [1.54, 1.807) is 36.4 Å². The molecule has 8 heteroatoms. The van der Waals surface area contributed by atoms with Crippen molar-refractivity contribution in [1.29, 1.82) is 0 Å². The maximum atomic E-state index is 14.0. The maximum Gasteiger partial charge on any atom is 0.276 e. The van der Waals surface area contributed by atoms with Crippen LogP contribution >= 0.6 is 22.6 Å². The Kier molecular flexibility index (Phi) is 6.91. The highest BCUT2D eigenvalue weighted by atomic mass is 127. The number of aliphatic hydroxyl groups is 2. The Morgan fingerprint density at radius 1 is 1.25 bits per heavy atom. The standard InChI is InChI=1S/C16H16FIN2O4/c17-13-7-10(18)5-6-15(13)19-14-4-2-1-3-12(14)16(23)20-24-9-11(22)8-21/h1-7,11,19,21-22H,8-9H2,(H,20,23)/t11-/m1/s1. The third-order valence-electron chi connectivity index (χ3n) is 3.02. The molecule has 6 nitrogen and oxygen atoms in total. The number of carbonyl (C=O) groups excluding carboxylic acids is 1. The van der Waals surface area contributed by atoms with Crippen LogP contribution in [0, 0.1) is 9.39 Å². The molecule has 0 radical (unpaired) electrons. The molecule has 2 aromatic carbocycles. The average molecular weight is 446 g/mol. The average Bonchev–Trinajstić information content (AvgIpc) is 2.57. The summed E-state index contributed by atoms with van der Waals surface area (Å²) in [6.45, 7) is -0.719. The van der Waals surface area contributed by atoms with Crippen LogP contribution in [-0.4, -0.2) is 35.4 Å². The second kappa shape index (κ2) is 8.92. The fourth-order valence-corrected chi connectivity index (χ4v) is 2.29. The van der Waals surface area contributed by atoms with Crippen molar-refractivity contribution >= 4 is 39.9 Å². The monoisotopic (exact) mass is 446 g/mol. The fraction of sp³-hybridized carbons (Fsp3) is 0.188. The van der Waals surface area contributed by atoms with Gasteiger partial charge in [-0.2, -0.15) is 0 Å². The Balaban J connectivity index is 2.10. The lowest BCUT2D eigenvalue weighted by atomic mass is 10.1. The summed E-state index contributed by atoms with van der Waals surface area (Å²) in [5, 5.41) is 20.7. The van der Waals surface area contributed by atoms with Gasteiger partial charge in [0.25, 0.3) is 5.91 Å². The molecule has 0 aliphatic heterocycles. The number of hydroxylamine groups is 1. The van der Waals surface area contributed by atoms with Crippen molar-refractivity contribution in [2.45, 2.75) is 6.10 Å². The lowest BCUT2D eigenvalue weighted by Crippen LogP contribution is -2.30. The number of aliphatic hydroxyl groups excluding tert-OH is 2. The molecule has 0 spiro atoms. The van der Waals surface area contributed by atoms with Crippen molar-refractivity contribution in [3.05, 3.63) is 57.4 Å². The first-order valence-electron chi connectivity index (χ1n) is 7.03. The van der Waals surface area contributed by atoms with Crippen molar-refractivity contribution in [2.75, 3.05) is 18.5 Å². The first-order chi connectivity index (χ1) is 11.5. The predicted octanol–water partition coefficient (Wildman–Crippen LogP) is 2.19. The van der Waals surface area contributed by atoms with Crippen LogP contribution in [0.4, 0.5) is 15.8 Å². The zero-order chi connectivity index (χ0) is 17.5. The SMILES string of the molecule is O=C(NOC[C@H](O)CO)c1ccccc1Nc1ccc(I)cc1F. The summed E-state index contributed by atoms with van der Waals surface area (Å²) >= 11 is 2.01. The van der Waals surface area contributed by atoms with Crippen LogP contribution in [0.2, 0.25) is 0 Å². The minimum atomic E-state index is -1.08. The molecule has 2 rings (SSSR count). The highest BCUT2D eigenvalue weighted by Gasteiger charge is 2.13. The smallest absolute Gasteiger partial charge is 0.276 e. The van der Waals surface area contributed by atoms with Crippen LogP contribution < -0.4 is 10.8 Å². The molecule has 1 atom stereocenters. The minimum absolute atomic E-state index is 0.243. The summed E-state index contributed by atoms with van der Waals surface area (Å²) < 4.78 is 14.7. The summed E-state index contributed by atoms with van der Waals surface area (Å²) in [5.74, 6) is -0.992. The van der Waals surface area contributed by atoms with Crippen molar-refractivity contribution in [1.82, 2.24) is 5.48 Å². The second-order valence-corrected chi connectivity index (χ2v) is 6.12. The number of hydrogen-bond donors (Lipinski definition) is 4. The van der Waals surface area contributed by atoms with Gasteiger partial charge in [-0.15, -0.1) is 0 Å². The van der Waals surface area contributed by atoms with Gasteiger partial charge < -0.3 is 15.5 Å². The van der Waals surface area contributed by atoms with E-state index in [-0.39, 0.29) is 17.9 Å². The molecule has 0 fully saturated rings. The van der Waals surface area contributed by atoms with Crippen molar-refractivity contribution in [3.8, 4) is 0 Å². The Morgan fingerprint density at radius 2 is 2.00 bits per heavy atom. The zero-order valence-electron chi connectivity index (χ0n) is 12.5. The van der Waals surface area contributed by atoms with Gasteiger partial charge in [-0.25, -0.2) is 9.87 Å². The van der Waals surface area contributed by atoms with Gasteiger partial charge in [-0.05, 0) is 52.9 Å². The number of anilines is 2. The molecule has 4 N–H and O–H groups in total. The van der Waals surface area contributed by atoms with Gasteiger partial charge in [0, 0.05) is 3.57 Å². The molecule has 1 amide bonds. The van der Waals surface area contributed by atoms with E-state index in [0.29, 0.717) is 5.69 Å². The summed E-state index contributed by atoms with van der Waals surface area (Å²) in [5.41, 5.74) is 3.06. The molecule has 0 aromatic heterocycles. The van der Waals surface area contributed by atoms with E-state index < -0.39 is 24.4 Å². The fourth-order valence-electron chi connectivity index (χ4n) is 1.84. The third-order valence-corrected chi connectivity index (χ3v) is 3.69. The highest BCUT2D eigenvalue weighted by molar-refractivity contribution is 14.1. The summed E-state index contributed by atoms with van der Waals surface area (Å²) in [6.07, 6.45) is -1.08. The van der Waals surface area contributed by atoms with Crippen LogP contribution in [0.25, 0.3) is 0 Å². The Morgan fingerprint density at radius 3 is 2.71 bits per heavy atom. The Labute approximate surface area is 151 Å². The van der Waals surface area contributed by atoms with E-state index in [1.165, 1.54) is 6.07 Å². The van der Waals surface area contributed by atoms with E-state index in [2.05, 4.69) is 10.8 Å². The van der Waals surface area contributed by atoms with Gasteiger partial charge in [-0.1, -0.05) is 12.1 Å². The molecule has 2 aromatic rings. The predicted molar refractivity (Wildman–Crippen MR) is 95.4 cm³/mol. The van der Waals surface area contributed by atoms with E-state index >= 15 is 0 Å². The van der Waals surface area contributed by atoms with E-state index in [1.807, 2.05) is 22.6 Å². The molecule has 128 valence electrons. The molecule has 0 saturated carbocycles. The van der Waals surface area contributed by atoms with Crippen LogP contribution in [0.15, 0.2) is 42.5 Å². The van der Waals surface area contributed by atoms with E-state index in [9.17, 15) is 9.18 Å². The molecule has 0 heterocycles. The first kappa shape index (κ1) is 18.6. The van der Waals surface area contributed by atoms with Crippen molar-refractivity contribution in [3.63, 3.8) is 0 Å². The van der Waals surface area contributed by atoms with Gasteiger partial charge >= 0.3 is 0 Å². The second-order valence-electron chi connectivity index (χ2n) is 4.87. The largest absolute Gasteiger partial charge is 0.394 e. The topological polar surface area (TPSA) is 90.8 Å². The summed E-state index contributed by atoms with van der Waals surface area (Å²) in [6, 6.07) is 11.3. The Hall–Kier alpha value is -1.75. The molecule has 0 aliphatic carbocycles. The number of hydrogen-bond acceptors (Lipinski definition) is 5. The zero-order valence-corrected chi connectivity index (χ0v) is 14.7. The van der Waals surface area contributed by atoms with Crippen LogP contribution in [-0.2, 0) is 4.84 Å². The number of amides is 1. The maximum absolute atomic E-state index is 14.0. The van der Waals surface area contributed by atoms with E-state index in [0.717, 1.165) is 3.57 Å². The van der Waals surface area contributed by atoms with Gasteiger partial charge in [0.15, 0.2) is 0 Å². The van der Waals surface area contributed by atoms with Gasteiger partial charge in [-0.3, -0.25) is 9.63 Å². The van der Waals surface area contributed by atoms with Crippen LogP contribution in [0.5, 0.6) is 0 Å². The molecule has 24 heavy (non-hydrogen) atoms. The number of para-hydroxylation sites is 1. The van der Waals surface area contributed by atoms with Crippen molar-refractivity contribution in [2.24, 2.45) is 0 Å². The van der Waals surface area contributed by atoms with Crippen LogP contribution in [0.3, 0.4) is 0 Å². The number of rotatable bonds is 7. The summed E-state index contributed by atoms with van der Waals surface area (Å²) in [4.78, 5) is 17.0. The molecule has 0 bridgehead atoms. The lowest BCUT2D eigenvalue weighted by Gasteiger charge is -2.13. The molecular weight excluding hydrogens is 430 g/mol. The number of nitrogens with one attached hydrogen (secondary N) is 2. The van der Waals surface area contributed by atoms with Gasteiger partial charge in [0.2, 0.25) is 0 Å². The van der Waals surface area contributed by atoms with E-state index in [4.69, 9.17) is 15.1 Å². The third kappa shape index (κ3) is 5.13. The molecule has 0 aliphatic rings. The van der Waals surface area contributed by atoms with Crippen molar-refractivity contribution < 1.29 is 24.2 Å². The first-order valence-corrected chi connectivity index (χ1v) is 8.11. The molecule has 0 saturated heterocycles. The van der Waals surface area contributed by atoms with Gasteiger partial charge in [0.1, 0.15) is 18.5 Å². The lowest BCUT2D eigenvalue weighted by molar-refractivity contribution is -0.0295. The minimum Gasteiger partial charge on any atom is -0.394 e. The summed E-state index contributed by atoms with van der Waals surface area (Å²) in [7, 11) is 0. The van der Waals surface area contributed by atoms with Gasteiger partial charge in [0.05, 0.1) is 23.5 Å². The quantitative estimate of drug-likeness (QED) is 0.387. The molecule has 0 unspecified atom stereocenters. The number of halogens is 2. The molecular formula is C16H16FIN2O4.